The van der Waals surface area contributed by atoms with Crippen molar-refractivity contribution in [2.75, 3.05) is 40.4 Å². The largest absolute Gasteiger partial charge is 0.496 e. The Morgan fingerprint density at radius 3 is 2.38 bits per heavy atom. The predicted octanol–water partition coefficient (Wildman–Crippen LogP) is 5.65. The molecule has 1 fully saturated rings. The number of hydrogen-bond donors (Lipinski definition) is 0. The van der Waals surface area contributed by atoms with Gasteiger partial charge in [0, 0.05) is 49.4 Å². The van der Waals surface area contributed by atoms with E-state index >= 15 is 0 Å². The highest BCUT2D eigenvalue weighted by molar-refractivity contribution is 5.95. The van der Waals surface area contributed by atoms with Gasteiger partial charge in [-0.3, -0.25) is 14.4 Å². The normalized spacial score (nSPS) is 16.9. The van der Waals surface area contributed by atoms with Gasteiger partial charge in [0.15, 0.2) is 0 Å². The maximum Gasteiger partial charge on any atom is 0.419 e. The molecule has 0 spiro atoms. The molecule has 2 heterocycles. The zero-order valence-corrected chi connectivity index (χ0v) is 23.9. The van der Waals surface area contributed by atoms with Crippen LogP contribution in [0.1, 0.15) is 53.9 Å². The van der Waals surface area contributed by atoms with Crippen molar-refractivity contribution >= 4 is 23.0 Å². The average molecular weight is 558 g/mol. The average Bonchev–Trinajstić information content (AvgIpc) is 3.35. The number of alkyl halides is 2. The number of aromatic nitrogens is 1. The molecule has 1 saturated heterocycles. The van der Waals surface area contributed by atoms with Crippen molar-refractivity contribution in [3.05, 3.63) is 64.8 Å². The molecule has 216 valence electrons. The molecule has 0 radical (unpaired) electrons. The van der Waals surface area contributed by atoms with Crippen LogP contribution in [0, 0.1) is 6.92 Å². The molecule has 0 bridgehead atoms. The Morgan fingerprint density at radius 2 is 1.77 bits per heavy atom. The number of methoxy groups -OCH3 is 2. The quantitative estimate of drug-likeness (QED) is 0.348. The van der Waals surface area contributed by atoms with Gasteiger partial charge in [-0.25, -0.2) is 18.4 Å². The topological polar surface area (TPSA) is 73.2 Å². The second kappa shape index (κ2) is 11.9. The smallest absolute Gasteiger partial charge is 0.419 e. The van der Waals surface area contributed by atoms with Crippen LogP contribution in [0.2, 0.25) is 0 Å². The van der Waals surface area contributed by atoms with Gasteiger partial charge in [-0.15, -0.1) is 0 Å². The van der Waals surface area contributed by atoms with Gasteiger partial charge in [0.1, 0.15) is 11.4 Å². The van der Waals surface area contributed by atoms with Crippen LogP contribution in [0.4, 0.5) is 13.6 Å². The number of hydrogen-bond acceptors (Lipinski definition) is 7. The van der Waals surface area contributed by atoms with Gasteiger partial charge in [0.25, 0.3) is 6.43 Å². The van der Waals surface area contributed by atoms with E-state index in [0.717, 1.165) is 27.6 Å². The summed E-state index contributed by atoms with van der Waals surface area (Å²) >= 11 is 0. The zero-order valence-electron chi connectivity index (χ0n) is 23.9. The number of rotatable bonds is 7. The first-order chi connectivity index (χ1) is 18.9. The first-order valence-corrected chi connectivity index (χ1v) is 13.3. The van der Waals surface area contributed by atoms with Crippen LogP contribution in [0.25, 0.3) is 10.9 Å². The summed E-state index contributed by atoms with van der Waals surface area (Å²) in [4.78, 5) is 29.0. The molecule has 0 N–H and O–H groups in total. The van der Waals surface area contributed by atoms with Gasteiger partial charge < -0.3 is 14.2 Å². The van der Waals surface area contributed by atoms with Crippen LogP contribution in [0.15, 0.2) is 42.6 Å². The second-order valence-corrected chi connectivity index (χ2v) is 11.1. The first kappa shape index (κ1) is 29.5. The summed E-state index contributed by atoms with van der Waals surface area (Å²) < 4.78 is 44.3. The van der Waals surface area contributed by atoms with Crippen LogP contribution in [0.3, 0.4) is 0 Å². The molecule has 1 aromatic heterocycles. The van der Waals surface area contributed by atoms with E-state index in [4.69, 9.17) is 14.2 Å². The van der Waals surface area contributed by atoms with Gasteiger partial charge in [-0.1, -0.05) is 12.1 Å². The number of esters is 1. The summed E-state index contributed by atoms with van der Waals surface area (Å²) in [6.07, 6.45) is -1.19. The minimum absolute atomic E-state index is 0.215. The van der Waals surface area contributed by atoms with E-state index in [1.807, 2.05) is 52.0 Å². The number of aryl methyl sites for hydroxylation is 1. The molecule has 8 nitrogen and oxygen atoms in total. The van der Waals surface area contributed by atoms with E-state index in [9.17, 15) is 18.4 Å². The van der Waals surface area contributed by atoms with Gasteiger partial charge in [-0.2, -0.15) is 0 Å². The fourth-order valence-electron chi connectivity index (χ4n) is 5.28. The monoisotopic (exact) mass is 557 g/mol. The number of carbonyl (C=O) groups excluding carboxylic acids is 2. The molecule has 40 heavy (non-hydrogen) atoms. The lowest BCUT2D eigenvalue weighted by Gasteiger charge is -2.42. The van der Waals surface area contributed by atoms with Crippen molar-refractivity contribution in [3.63, 3.8) is 0 Å². The molecule has 0 saturated carbocycles. The Morgan fingerprint density at radius 1 is 1.07 bits per heavy atom. The van der Waals surface area contributed by atoms with E-state index < -0.39 is 24.1 Å². The SMILES string of the molecule is COC(=O)c1ccc(C2CN(CC(F)F)CCN2Cc2c(OC)cc(C)c3c2ccn3C(=O)OC(C)(C)C)cc1. The summed E-state index contributed by atoms with van der Waals surface area (Å²) in [7, 11) is 2.94. The number of halogens is 2. The van der Waals surface area contributed by atoms with E-state index in [1.165, 1.54) is 11.7 Å². The molecule has 1 aliphatic rings. The fraction of sp³-hybridized carbons (Fsp3) is 0.467. The van der Waals surface area contributed by atoms with Crippen LogP contribution in [0.5, 0.6) is 5.75 Å². The summed E-state index contributed by atoms with van der Waals surface area (Å²) in [5.41, 5.74) is 3.17. The highest BCUT2D eigenvalue weighted by Crippen LogP contribution is 2.36. The van der Waals surface area contributed by atoms with E-state index in [2.05, 4.69) is 4.90 Å². The Kier molecular flexibility index (Phi) is 8.80. The van der Waals surface area contributed by atoms with Gasteiger partial charge >= 0.3 is 12.1 Å². The minimum atomic E-state index is -2.43. The molecule has 1 unspecified atom stereocenters. The Labute approximate surface area is 233 Å². The minimum Gasteiger partial charge on any atom is -0.496 e. The summed E-state index contributed by atoms with van der Waals surface area (Å²) in [6, 6.07) is 10.7. The standard InChI is InChI=1S/C30H37F2N3O5/c1-19-15-25(38-5)23(22-11-12-35(27(19)22)29(37)40-30(2,3)4)16-34-14-13-33(18-26(31)32)17-24(34)20-7-9-21(10-8-20)28(36)39-6/h7-12,15,24,26H,13-14,16-18H2,1-6H3. The van der Waals surface area contributed by atoms with E-state index in [-0.39, 0.29) is 12.6 Å². The maximum absolute atomic E-state index is 13.3. The lowest BCUT2D eigenvalue weighted by atomic mass is 9.98. The van der Waals surface area contributed by atoms with Crippen LogP contribution < -0.4 is 4.74 Å². The molecule has 10 heteroatoms. The first-order valence-electron chi connectivity index (χ1n) is 13.3. The number of fused-ring (bicyclic) bond motifs is 1. The van der Waals surface area contributed by atoms with Crippen LogP contribution in [-0.4, -0.2) is 78.9 Å². The molecule has 3 aromatic rings. The lowest BCUT2D eigenvalue weighted by Crippen LogP contribution is -2.49. The highest BCUT2D eigenvalue weighted by atomic mass is 19.3. The summed E-state index contributed by atoms with van der Waals surface area (Å²) in [6.45, 7) is 8.98. The van der Waals surface area contributed by atoms with Crippen molar-refractivity contribution in [3.8, 4) is 5.75 Å². The number of benzene rings is 2. The predicted molar refractivity (Wildman–Crippen MR) is 148 cm³/mol. The Bertz CT molecular complexity index is 1360. The van der Waals surface area contributed by atoms with E-state index in [0.29, 0.717) is 37.5 Å². The molecule has 0 amide bonds. The van der Waals surface area contributed by atoms with Gasteiger partial charge in [0.05, 0.1) is 31.8 Å². The molecule has 4 rings (SSSR count). The highest BCUT2D eigenvalue weighted by Gasteiger charge is 2.31. The molecular weight excluding hydrogens is 520 g/mol. The zero-order chi connectivity index (χ0) is 29.2. The van der Waals surface area contributed by atoms with Crippen molar-refractivity contribution in [2.45, 2.75) is 52.3 Å². The third kappa shape index (κ3) is 6.45. The molecule has 1 atom stereocenters. The number of nitrogens with zero attached hydrogens (tertiary/aromatic N) is 3. The number of ether oxygens (including phenoxy) is 3. The number of carbonyl (C=O) groups is 2. The third-order valence-corrected chi connectivity index (χ3v) is 7.09. The van der Waals surface area contributed by atoms with E-state index in [1.54, 1.807) is 30.3 Å². The molecule has 2 aromatic carbocycles. The van der Waals surface area contributed by atoms with Crippen molar-refractivity contribution in [2.24, 2.45) is 0 Å². The van der Waals surface area contributed by atoms with Crippen LogP contribution >= 0.6 is 0 Å². The second-order valence-electron chi connectivity index (χ2n) is 11.1. The Balaban J connectivity index is 1.72. The molecular formula is C30H37F2N3O5. The molecule has 1 aliphatic heterocycles. The third-order valence-electron chi connectivity index (χ3n) is 7.09. The van der Waals surface area contributed by atoms with Crippen molar-refractivity contribution < 1.29 is 32.6 Å². The fourth-order valence-corrected chi connectivity index (χ4v) is 5.28. The van der Waals surface area contributed by atoms with Gasteiger partial charge in [-0.05, 0) is 63.1 Å². The molecule has 0 aliphatic carbocycles. The lowest BCUT2D eigenvalue weighted by molar-refractivity contribution is 0.0245. The Hall–Kier alpha value is -3.50. The van der Waals surface area contributed by atoms with Crippen molar-refractivity contribution in [1.29, 1.82) is 0 Å². The maximum atomic E-state index is 13.3. The summed E-state index contributed by atoms with van der Waals surface area (Å²) in [5.74, 6) is 0.245. The van der Waals surface area contributed by atoms with Crippen LogP contribution in [-0.2, 0) is 16.0 Å². The van der Waals surface area contributed by atoms with Crippen molar-refractivity contribution in [1.82, 2.24) is 14.4 Å². The number of piperazine rings is 1. The van der Waals surface area contributed by atoms with Gasteiger partial charge in [0.2, 0.25) is 0 Å². The summed E-state index contributed by atoms with van der Waals surface area (Å²) in [5, 5.41) is 0.859.